The van der Waals surface area contributed by atoms with Crippen molar-refractivity contribution in [3.8, 4) is 0 Å². The van der Waals surface area contributed by atoms with Gasteiger partial charge in [-0.25, -0.2) is 0 Å². The summed E-state index contributed by atoms with van der Waals surface area (Å²) in [7, 11) is 0. The minimum absolute atomic E-state index is 0.488. The maximum absolute atomic E-state index is 5.32. The summed E-state index contributed by atoms with van der Waals surface area (Å²) in [6.45, 7) is 10.3. The third-order valence-corrected chi connectivity index (χ3v) is 4.08. The Morgan fingerprint density at radius 1 is 0.913 bits per heavy atom. The van der Waals surface area contributed by atoms with E-state index in [1.54, 1.807) is 0 Å². The fraction of sp³-hybridized carbons (Fsp3) is 0.263. The highest BCUT2D eigenvalue weighted by Crippen LogP contribution is 2.16. The Morgan fingerprint density at radius 2 is 1.61 bits per heavy atom. The predicted molar refractivity (Wildman–Crippen MR) is 103 cm³/mol. The van der Waals surface area contributed by atoms with Crippen LogP contribution in [0.1, 0.15) is 34.7 Å². The monoisotopic (exact) mass is 325 g/mol. The molecule has 2 N–H and O–H groups in total. The number of rotatable bonds is 3. The van der Waals surface area contributed by atoms with Gasteiger partial charge in [0.2, 0.25) is 0 Å². The van der Waals surface area contributed by atoms with Gasteiger partial charge in [0.1, 0.15) is 0 Å². The van der Waals surface area contributed by atoms with Gasteiger partial charge >= 0.3 is 0 Å². The van der Waals surface area contributed by atoms with Crippen LogP contribution in [0.5, 0.6) is 0 Å². The van der Waals surface area contributed by atoms with Gasteiger partial charge in [-0.1, -0.05) is 24.3 Å². The fourth-order valence-corrected chi connectivity index (χ4v) is 2.34. The zero-order chi connectivity index (χ0) is 17.0. The van der Waals surface area contributed by atoms with Crippen molar-refractivity contribution in [2.24, 2.45) is 5.10 Å². The highest BCUT2D eigenvalue weighted by molar-refractivity contribution is 7.80. The third kappa shape index (κ3) is 4.63. The summed E-state index contributed by atoms with van der Waals surface area (Å²) in [5, 5.41) is 8.06. The first-order chi connectivity index (χ1) is 10.9. The van der Waals surface area contributed by atoms with Crippen LogP contribution in [0, 0.1) is 27.7 Å². The molecule has 4 heteroatoms. The van der Waals surface area contributed by atoms with Crippen molar-refractivity contribution in [1.82, 2.24) is 5.43 Å². The van der Waals surface area contributed by atoms with Crippen LogP contribution in [0.4, 0.5) is 5.69 Å². The van der Waals surface area contributed by atoms with Gasteiger partial charge in [-0.2, -0.15) is 5.10 Å². The first kappa shape index (κ1) is 17.2. The largest absolute Gasteiger partial charge is 0.331 e. The zero-order valence-electron chi connectivity index (χ0n) is 14.3. The summed E-state index contributed by atoms with van der Waals surface area (Å²) in [6.07, 6.45) is 0. The van der Waals surface area contributed by atoms with Crippen LogP contribution in [0.3, 0.4) is 0 Å². The average Bonchev–Trinajstić information content (AvgIpc) is 2.51. The number of anilines is 1. The highest BCUT2D eigenvalue weighted by atomic mass is 32.1. The Bertz CT molecular complexity index is 763. The molecule has 0 atom stereocenters. The van der Waals surface area contributed by atoms with Crippen molar-refractivity contribution in [3.05, 3.63) is 64.2 Å². The summed E-state index contributed by atoms with van der Waals surface area (Å²) in [5.41, 5.74) is 10.8. The van der Waals surface area contributed by atoms with Gasteiger partial charge in [0, 0.05) is 5.69 Å². The molecule has 3 nitrogen and oxygen atoms in total. The van der Waals surface area contributed by atoms with Crippen molar-refractivity contribution < 1.29 is 0 Å². The molecule has 0 aliphatic carbocycles. The second kappa shape index (κ2) is 7.38. The minimum atomic E-state index is 0.488. The van der Waals surface area contributed by atoms with Crippen LogP contribution in [0.15, 0.2) is 41.5 Å². The maximum Gasteiger partial charge on any atom is 0.191 e. The molecular formula is C19H23N3S. The zero-order valence-corrected chi connectivity index (χ0v) is 15.1. The number of nitrogens with one attached hydrogen (secondary N) is 2. The lowest BCUT2D eigenvalue weighted by Crippen LogP contribution is -2.25. The number of nitrogens with zero attached hydrogens (tertiary/aromatic N) is 1. The Kier molecular flexibility index (Phi) is 5.50. The molecule has 0 bridgehead atoms. The highest BCUT2D eigenvalue weighted by Gasteiger charge is 2.03. The molecule has 0 aromatic heterocycles. The van der Waals surface area contributed by atoms with Gasteiger partial charge in [0.25, 0.3) is 0 Å². The first-order valence-electron chi connectivity index (χ1n) is 7.63. The SMILES string of the molecule is CC(=NNC(=S)Nc1cc(C)ccc1C)c1ccc(C)c(C)c1. The molecule has 2 rings (SSSR count). The number of hydrogen-bond donors (Lipinski definition) is 2. The summed E-state index contributed by atoms with van der Waals surface area (Å²) in [6, 6.07) is 12.5. The van der Waals surface area contributed by atoms with Gasteiger partial charge in [-0.05, 0) is 86.8 Å². The molecule has 0 radical (unpaired) electrons. The standard InChI is InChI=1S/C19H23N3S/c1-12-6-7-14(3)18(10-12)20-19(23)22-21-16(5)17-9-8-13(2)15(4)11-17/h6-11H,1-5H3,(H2,20,22,23). The van der Waals surface area contributed by atoms with E-state index in [1.807, 2.05) is 13.8 Å². The fourth-order valence-electron chi connectivity index (χ4n) is 2.19. The smallest absolute Gasteiger partial charge is 0.191 e. The quantitative estimate of drug-likeness (QED) is 0.491. The molecule has 120 valence electrons. The van der Waals surface area contributed by atoms with Crippen LogP contribution in [-0.2, 0) is 0 Å². The molecule has 2 aromatic carbocycles. The third-order valence-electron chi connectivity index (χ3n) is 3.89. The Morgan fingerprint density at radius 3 is 2.30 bits per heavy atom. The van der Waals surface area contributed by atoms with Gasteiger partial charge in [-0.15, -0.1) is 0 Å². The van der Waals surface area contributed by atoms with E-state index in [0.29, 0.717) is 5.11 Å². The predicted octanol–water partition coefficient (Wildman–Crippen LogP) is 4.63. The van der Waals surface area contributed by atoms with E-state index < -0.39 is 0 Å². The summed E-state index contributed by atoms with van der Waals surface area (Å²) >= 11 is 5.32. The van der Waals surface area contributed by atoms with Crippen molar-refractivity contribution in [2.45, 2.75) is 34.6 Å². The second-order valence-electron chi connectivity index (χ2n) is 5.88. The number of hydrazone groups is 1. The molecule has 0 spiro atoms. The maximum atomic E-state index is 5.32. The molecule has 0 saturated heterocycles. The normalized spacial score (nSPS) is 11.3. The van der Waals surface area contributed by atoms with Crippen molar-refractivity contribution in [1.29, 1.82) is 0 Å². The molecule has 0 aliphatic rings. The van der Waals surface area contributed by atoms with Crippen LogP contribution in [0.2, 0.25) is 0 Å². The van der Waals surface area contributed by atoms with Gasteiger partial charge < -0.3 is 5.32 Å². The summed E-state index contributed by atoms with van der Waals surface area (Å²) < 4.78 is 0. The van der Waals surface area contributed by atoms with Gasteiger partial charge in [0.05, 0.1) is 5.71 Å². The van der Waals surface area contributed by atoms with E-state index in [9.17, 15) is 0 Å². The van der Waals surface area contributed by atoms with E-state index in [2.05, 4.69) is 73.0 Å². The van der Waals surface area contributed by atoms with Crippen LogP contribution >= 0.6 is 12.2 Å². The van der Waals surface area contributed by atoms with Crippen LogP contribution in [0.25, 0.3) is 0 Å². The molecular weight excluding hydrogens is 302 g/mol. The van der Waals surface area contributed by atoms with Gasteiger partial charge in [-0.3, -0.25) is 5.43 Å². The van der Waals surface area contributed by atoms with E-state index >= 15 is 0 Å². The number of thiocarbonyl (C=S) groups is 1. The number of hydrogen-bond acceptors (Lipinski definition) is 2. The van der Waals surface area contributed by atoms with Crippen molar-refractivity contribution >= 4 is 28.7 Å². The summed E-state index contributed by atoms with van der Waals surface area (Å²) in [4.78, 5) is 0. The Labute approximate surface area is 143 Å². The molecule has 0 unspecified atom stereocenters. The average molecular weight is 325 g/mol. The topological polar surface area (TPSA) is 36.4 Å². The summed E-state index contributed by atoms with van der Waals surface area (Å²) in [5.74, 6) is 0. The molecule has 0 fully saturated rings. The number of benzene rings is 2. The van der Waals surface area contributed by atoms with E-state index in [0.717, 1.165) is 22.5 Å². The minimum Gasteiger partial charge on any atom is -0.331 e. The molecule has 2 aromatic rings. The van der Waals surface area contributed by atoms with E-state index in [4.69, 9.17) is 12.2 Å². The van der Waals surface area contributed by atoms with Crippen molar-refractivity contribution in [3.63, 3.8) is 0 Å². The van der Waals surface area contributed by atoms with Crippen LogP contribution < -0.4 is 10.7 Å². The number of aryl methyl sites for hydroxylation is 4. The van der Waals surface area contributed by atoms with Crippen LogP contribution in [-0.4, -0.2) is 10.8 Å². The van der Waals surface area contributed by atoms with E-state index in [-0.39, 0.29) is 0 Å². The molecule has 0 heterocycles. The molecule has 0 saturated carbocycles. The van der Waals surface area contributed by atoms with E-state index in [1.165, 1.54) is 16.7 Å². The molecule has 23 heavy (non-hydrogen) atoms. The first-order valence-corrected chi connectivity index (χ1v) is 8.04. The van der Waals surface area contributed by atoms with Crippen molar-refractivity contribution in [2.75, 3.05) is 5.32 Å². The molecule has 0 aliphatic heterocycles. The second-order valence-corrected chi connectivity index (χ2v) is 6.29. The Hall–Kier alpha value is -2.20. The Balaban J connectivity index is 2.05. The molecule has 0 amide bonds. The lowest BCUT2D eigenvalue weighted by Gasteiger charge is -2.11. The lowest BCUT2D eigenvalue weighted by atomic mass is 10.0. The lowest BCUT2D eigenvalue weighted by molar-refractivity contribution is 1.04. The van der Waals surface area contributed by atoms with Gasteiger partial charge in [0.15, 0.2) is 5.11 Å².